The summed E-state index contributed by atoms with van der Waals surface area (Å²) in [5, 5.41) is 19.2. The Balaban J connectivity index is 1.80. The standard InChI is InChI=1S/C19H18N2O2/c20-12-16-19(15-9-5-2-6-10-15)17(13-22)21(16)18(23)11-14-7-3-1-4-8-14/h1-10,16-17,19,22H,11,13H2/t16-,17-,19-/m0/s1. The fraction of sp³-hybridized carbons (Fsp3) is 0.263. The Bertz CT molecular complexity index is 709. The Kier molecular flexibility index (Phi) is 4.40. The van der Waals surface area contributed by atoms with Gasteiger partial charge in [0.1, 0.15) is 6.04 Å². The predicted octanol–water partition coefficient (Wildman–Crippen LogP) is 2.11. The summed E-state index contributed by atoms with van der Waals surface area (Å²) in [6, 6.07) is 20.4. The monoisotopic (exact) mass is 306 g/mol. The summed E-state index contributed by atoms with van der Waals surface area (Å²) < 4.78 is 0. The van der Waals surface area contributed by atoms with Crippen molar-refractivity contribution >= 4 is 5.91 Å². The maximum atomic E-state index is 12.6. The number of nitriles is 1. The van der Waals surface area contributed by atoms with Crippen LogP contribution in [0.25, 0.3) is 0 Å². The van der Waals surface area contributed by atoms with Crippen LogP contribution in [0.3, 0.4) is 0 Å². The van der Waals surface area contributed by atoms with Crippen LogP contribution in [0.4, 0.5) is 0 Å². The van der Waals surface area contributed by atoms with E-state index in [0.717, 1.165) is 11.1 Å². The van der Waals surface area contributed by atoms with Crippen molar-refractivity contribution in [2.45, 2.75) is 24.4 Å². The first-order valence-corrected chi connectivity index (χ1v) is 7.66. The van der Waals surface area contributed by atoms with Crippen LogP contribution in [0.1, 0.15) is 17.0 Å². The summed E-state index contributed by atoms with van der Waals surface area (Å²) >= 11 is 0. The van der Waals surface area contributed by atoms with Crippen molar-refractivity contribution in [3.8, 4) is 6.07 Å². The summed E-state index contributed by atoms with van der Waals surface area (Å²) in [6.07, 6.45) is 0.247. The van der Waals surface area contributed by atoms with Gasteiger partial charge in [-0.2, -0.15) is 5.26 Å². The molecule has 3 atom stereocenters. The molecule has 4 heteroatoms. The van der Waals surface area contributed by atoms with Crippen LogP contribution in [0.2, 0.25) is 0 Å². The van der Waals surface area contributed by atoms with Gasteiger partial charge in [0.25, 0.3) is 0 Å². The Morgan fingerprint density at radius 3 is 2.26 bits per heavy atom. The minimum atomic E-state index is -0.522. The molecule has 1 saturated heterocycles. The van der Waals surface area contributed by atoms with E-state index in [1.54, 1.807) is 0 Å². The molecule has 0 bridgehead atoms. The molecule has 2 aromatic carbocycles. The SMILES string of the molecule is N#C[C@H]1[C@H](c2ccccc2)[C@H](CO)N1C(=O)Cc1ccccc1. The fourth-order valence-corrected chi connectivity index (χ4v) is 3.29. The molecule has 1 N–H and O–H groups in total. The highest BCUT2D eigenvalue weighted by atomic mass is 16.3. The van der Waals surface area contributed by atoms with E-state index in [0.29, 0.717) is 0 Å². The van der Waals surface area contributed by atoms with Crippen molar-refractivity contribution in [2.75, 3.05) is 6.61 Å². The molecule has 1 aliphatic rings. The summed E-state index contributed by atoms with van der Waals surface area (Å²) in [5.41, 5.74) is 1.90. The fourth-order valence-electron chi connectivity index (χ4n) is 3.29. The molecule has 3 rings (SSSR count). The molecular formula is C19H18N2O2. The van der Waals surface area contributed by atoms with Crippen LogP contribution in [0.5, 0.6) is 0 Å². The first kappa shape index (κ1) is 15.3. The third-order valence-electron chi connectivity index (χ3n) is 4.40. The van der Waals surface area contributed by atoms with E-state index in [9.17, 15) is 15.2 Å². The van der Waals surface area contributed by atoms with Crippen molar-refractivity contribution in [2.24, 2.45) is 0 Å². The molecule has 0 saturated carbocycles. The van der Waals surface area contributed by atoms with Crippen molar-refractivity contribution in [3.63, 3.8) is 0 Å². The van der Waals surface area contributed by atoms with Gasteiger partial charge in [0.15, 0.2) is 0 Å². The van der Waals surface area contributed by atoms with Crippen molar-refractivity contribution in [1.29, 1.82) is 5.26 Å². The molecule has 116 valence electrons. The van der Waals surface area contributed by atoms with Crippen LogP contribution < -0.4 is 0 Å². The number of aliphatic hydroxyl groups excluding tert-OH is 1. The number of nitrogens with zero attached hydrogens (tertiary/aromatic N) is 2. The normalized spacial score (nSPS) is 23.0. The van der Waals surface area contributed by atoms with Crippen molar-refractivity contribution in [1.82, 2.24) is 4.90 Å². The van der Waals surface area contributed by atoms with Gasteiger partial charge in [-0.3, -0.25) is 4.79 Å². The molecule has 2 aromatic rings. The minimum Gasteiger partial charge on any atom is -0.394 e. The highest BCUT2D eigenvalue weighted by Crippen LogP contribution is 2.40. The van der Waals surface area contributed by atoms with Gasteiger partial charge in [0.05, 0.1) is 25.1 Å². The Morgan fingerprint density at radius 2 is 1.70 bits per heavy atom. The first-order valence-electron chi connectivity index (χ1n) is 7.66. The van der Waals surface area contributed by atoms with Gasteiger partial charge in [-0.25, -0.2) is 0 Å². The van der Waals surface area contributed by atoms with Crippen LogP contribution in [0.15, 0.2) is 60.7 Å². The van der Waals surface area contributed by atoms with Gasteiger partial charge in [-0.1, -0.05) is 60.7 Å². The maximum Gasteiger partial charge on any atom is 0.228 e. The molecule has 0 radical (unpaired) electrons. The largest absolute Gasteiger partial charge is 0.394 e. The molecule has 1 aliphatic heterocycles. The number of amides is 1. The number of hydrogen-bond acceptors (Lipinski definition) is 3. The topological polar surface area (TPSA) is 64.3 Å². The summed E-state index contributed by atoms with van der Waals surface area (Å²) in [7, 11) is 0. The third-order valence-corrected chi connectivity index (χ3v) is 4.40. The number of likely N-dealkylation sites (tertiary alicyclic amines) is 1. The lowest BCUT2D eigenvalue weighted by atomic mass is 9.75. The number of benzene rings is 2. The maximum absolute atomic E-state index is 12.6. The van der Waals surface area contributed by atoms with E-state index in [1.807, 2.05) is 60.7 Å². The van der Waals surface area contributed by atoms with Gasteiger partial charge in [-0.05, 0) is 11.1 Å². The van der Waals surface area contributed by atoms with Crippen LogP contribution in [0, 0.1) is 11.3 Å². The average Bonchev–Trinajstić information content (AvgIpc) is 2.56. The molecule has 1 fully saturated rings. The van der Waals surface area contributed by atoms with Gasteiger partial charge in [0, 0.05) is 5.92 Å². The quantitative estimate of drug-likeness (QED) is 0.941. The number of carbonyl (C=O) groups is 1. The van der Waals surface area contributed by atoms with Crippen molar-refractivity contribution < 1.29 is 9.90 Å². The van der Waals surface area contributed by atoms with E-state index in [-0.39, 0.29) is 30.9 Å². The number of carbonyl (C=O) groups excluding carboxylic acids is 1. The summed E-state index contributed by atoms with van der Waals surface area (Å²) in [6.45, 7) is -0.141. The van der Waals surface area contributed by atoms with E-state index >= 15 is 0 Å². The first-order chi connectivity index (χ1) is 11.3. The second kappa shape index (κ2) is 6.64. The average molecular weight is 306 g/mol. The molecule has 4 nitrogen and oxygen atoms in total. The number of aliphatic hydroxyl groups is 1. The molecular weight excluding hydrogens is 288 g/mol. The lowest BCUT2D eigenvalue weighted by Gasteiger charge is -2.51. The van der Waals surface area contributed by atoms with E-state index in [2.05, 4.69) is 6.07 Å². The predicted molar refractivity (Wildman–Crippen MR) is 86.4 cm³/mol. The molecule has 0 spiro atoms. The van der Waals surface area contributed by atoms with E-state index in [4.69, 9.17) is 0 Å². The number of hydrogen-bond donors (Lipinski definition) is 1. The molecule has 1 amide bonds. The minimum absolute atomic E-state index is 0.117. The summed E-state index contributed by atoms with van der Waals surface area (Å²) in [4.78, 5) is 14.1. The zero-order valence-corrected chi connectivity index (χ0v) is 12.7. The van der Waals surface area contributed by atoms with E-state index < -0.39 is 6.04 Å². The molecule has 0 aromatic heterocycles. The lowest BCUT2D eigenvalue weighted by Crippen LogP contribution is -2.65. The summed E-state index contributed by atoms with van der Waals surface area (Å²) in [5.74, 6) is -0.250. The van der Waals surface area contributed by atoms with Crippen molar-refractivity contribution in [3.05, 3.63) is 71.8 Å². The van der Waals surface area contributed by atoms with Crippen LogP contribution >= 0.6 is 0 Å². The molecule has 0 unspecified atom stereocenters. The van der Waals surface area contributed by atoms with Gasteiger partial charge < -0.3 is 10.0 Å². The van der Waals surface area contributed by atoms with Crippen LogP contribution in [-0.2, 0) is 11.2 Å². The smallest absolute Gasteiger partial charge is 0.228 e. The van der Waals surface area contributed by atoms with Gasteiger partial charge in [-0.15, -0.1) is 0 Å². The number of rotatable bonds is 4. The highest BCUT2D eigenvalue weighted by Gasteiger charge is 2.51. The Morgan fingerprint density at radius 1 is 1.09 bits per heavy atom. The zero-order valence-electron chi connectivity index (χ0n) is 12.7. The Labute approximate surface area is 135 Å². The molecule has 1 heterocycles. The third kappa shape index (κ3) is 2.84. The second-order valence-electron chi connectivity index (χ2n) is 5.72. The van der Waals surface area contributed by atoms with E-state index in [1.165, 1.54) is 4.90 Å². The van der Waals surface area contributed by atoms with Gasteiger partial charge in [0.2, 0.25) is 5.91 Å². The Hall–Kier alpha value is -2.64. The van der Waals surface area contributed by atoms with Gasteiger partial charge >= 0.3 is 0 Å². The molecule has 23 heavy (non-hydrogen) atoms. The molecule has 0 aliphatic carbocycles. The second-order valence-corrected chi connectivity index (χ2v) is 5.72. The lowest BCUT2D eigenvalue weighted by molar-refractivity contribution is -0.146. The highest BCUT2D eigenvalue weighted by molar-refractivity contribution is 5.81. The zero-order chi connectivity index (χ0) is 16.2. The van der Waals surface area contributed by atoms with Crippen LogP contribution in [-0.4, -0.2) is 34.6 Å².